The molecule has 0 bridgehead atoms. The van der Waals surface area contributed by atoms with Gasteiger partial charge in [-0.15, -0.1) is 0 Å². The third kappa shape index (κ3) is 5.38. The van der Waals surface area contributed by atoms with Gasteiger partial charge in [0.05, 0.1) is 37.0 Å². The van der Waals surface area contributed by atoms with E-state index < -0.39 is 0 Å². The van der Waals surface area contributed by atoms with Crippen molar-refractivity contribution in [3.8, 4) is 68.9 Å². The molecular formula is C38H26N8O2. The lowest BCUT2D eigenvalue weighted by Gasteiger charge is -2.14. The van der Waals surface area contributed by atoms with E-state index in [1.54, 1.807) is 12.4 Å². The van der Waals surface area contributed by atoms with Gasteiger partial charge >= 0.3 is 0 Å². The van der Waals surface area contributed by atoms with E-state index in [0.29, 0.717) is 69.5 Å². The quantitative estimate of drug-likeness (QED) is 0.166. The van der Waals surface area contributed by atoms with Crippen molar-refractivity contribution in [2.45, 2.75) is 13.8 Å². The molecule has 7 aromatic rings. The molecule has 48 heavy (non-hydrogen) atoms. The molecule has 0 N–H and O–H groups in total. The Hall–Kier alpha value is -6.78. The van der Waals surface area contributed by atoms with Gasteiger partial charge in [0, 0.05) is 21.9 Å². The molecular weight excluding hydrogens is 600 g/mol. The van der Waals surface area contributed by atoms with Crippen molar-refractivity contribution in [2.24, 2.45) is 0 Å². The molecule has 7 rings (SSSR count). The lowest BCUT2D eigenvalue weighted by Crippen LogP contribution is -2.03. The maximum Gasteiger partial charge on any atom is 0.234 e. The van der Waals surface area contributed by atoms with Crippen LogP contribution in [-0.4, -0.2) is 43.1 Å². The van der Waals surface area contributed by atoms with Gasteiger partial charge in [0.15, 0.2) is 11.3 Å². The molecule has 0 unspecified atom stereocenters. The molecule has 5 aromatic heterocycles. The minimum atomic E-state index is 0.234. The molecule has 0 aliphatic carbocycles. The number of pyridine rings is 4. The first-order valence-corrected chi connectivity index (χ1v) is 15.3. The van der Waals surface area contributed by atoms with E-state index in [0.717, 1.165) is 21.9 Å². The Kier molecular flexibility index (Phi) is 8.04. The van der Waals surface area contributed by atoms with E-state index in [9.17, 15) is 10.5 Å². The lowest BCUT2D eigenvalue weighted by molar-refractivity contribution is 0.327. The molecule has 0 aliphatic heterocycles. The predicted octanol–water partition coefficient (Wildman–Crippen LogP) is 7.57. The largest absolute Gasteiger partial charge is 0.477 e. The van der Waals surface area contributed by atoms with E-state index in [2.05, 4.69) is 32.1 Å². The van der Waals surface area contributed by atoms with Crippen molar-refractivity contribution in [1.29, 1.82) is 10.5 Å². The molecule has 0 radical (unpaired) electrons. The SMILES string of the molecule is CCOc1nc2nc(-c3cnc(-c4ccc5c(-c6ccccc6)c(C#N)c(OCC)nc5n4)cn3)ccc2c(-c2ccccc2)c1C#N. The highest BCUT2D eigenvalue weighted by atomic mass is 16.5. The summed E-state index contributed by atoms with van der Waals surface area (Å²) in [5.41, 5.74) is 6.94. The van der Waals surface area contributed by atoms with Crippen LogP contribution in [0.1, 0.15) is 25.0 Å². The molecule has 10 heteroatoms. The average Bonchev–Trinajstić information content (AvgIpc) is 3.14. The molecule has 0 atom stereocenters. The molecule has 230 valence electrons. The van der Waals surface area contributed by atoms with Crippen molar-refractivity contribution in [1.82, 2.24) is 29.9 Å². The van der Waals surface area contributed by atoms with Crippen LogP contribution in [0.2, 0.25) is 0 Å². The highest BCUT2D eigenvalue weighted by molar-refractivity contribution is 5.99. The van der Waals surface area contributed by atoms with Gasteiger partial charge in [-0.1, -0.05) is 60.7 Å². The van der Waals surface area contributed by atoms with Gasteiger partial charge in [-0.25, -0.2) is 9.97 Å². The van der Waals surface area contributed by atoms with E-state index >= 15 is 0 Å². The Morgan fingerprint density at radius 2 is 0.938 bits per heavy atom. The number of nitriles is 2. The second-order valence-electron chi connectivity index (χ2n) is 10.6. The van der Waals surface area contributed by atoms with Crippen LogP contribution in [0, 0.1) is 22.7 Å². The van der Waals surface area contributed by atoms with Gasteiger partial charge in [-0.3, -0.25) is 9.97 Å². The standard InChI is InChI=1S/C38H26N8O2/c1-3-47-37-27(19-39)33(23-11-7-5-8-12-23)25-15-17-29(43-35(25)45-37)31-21-42-32(22-41-31)30-18-16-26-34(24-13-9-6-10-14-24)28(20-40)38(48-4-2)46-36(26)44-30/h5-18,21-22H,3-4H2,1-2H3. The number of nitrogens with zero attached hydrogens (tertiary/aromatic N) is 8. The van der Waals surface area contributed by atoms with Crippen LogP contribution >= 0.6 is 0 Å². The van der Waals surface area contributed by atoms with Crippen molar-refractivity contribution in [3.63, 3.8) is 0 Å². The minimum Gasteiger partial charge on any atom is -0.477 e. The van der Waals surface area contributed by atoms with Crippen molar-refractivity contribution >= 4 is 22.1 Å². The number of fused-ring (bicyclic) bond motifs is 2. The molecule has 0 spiro atoms. The monoisotopic (exact) mass is 626 g/mol. The number of benzene rings is 2. The van der Waals surface area contributed by atoms with Gasteiger partial charge in [-0.2, -0.15) is 20.5 Å². The summed E-state index contributed by atoms with van der Waals surface area (Å²) in [6.07, 6.45) is 3.27. The molecule has 0 saturated carbocycles. The topological polar surface area (TPSA) is 143 Å². The zero-order valence-corrected chi connectivity index (χ0v) is 26.0. The van der Waals surface area contributed by atoms with Crippen LogP contribution < -0.4 is 9.47 Å². The zero-order valence-electron chi connectivity index (χ0n) is 26.0. The average molecular weight is 627 g/mol. The summed E-state index contributed by atoms with van der Waals surface area (Å²) in [5, 5.41) is 21.5. The predicted molar refractivity (Wildman–Crippen MR) is 182 cm³/mol. The van der Waals surface area contributed by atoms with Crippen LogP contribution in [0.25, 0.3) is 67.1 Å². The Labute approximate surface area is 276 Å². The normalized spacial score (nSPS) is 10.8. The summed E-state index contributed by atoms with van der Waals surface area (Å²) in [6, 6.07) is 31.4. The fraction of sp³-hybridized carbons (Fsp3) is 0.105. The van der Waals surface area contributed by atoms with Gasteiger partial charge in [-0.05, 0) is 49.2 Å². The van der Waals surface area contributed by atoms with Crippen LogP contribution in [-0.2, 0) is 0 Å². The van der Waals surface area contributed by atoms with Crippen LogP contribution in [0.5, 0.6) is 11.8 Å². The van der Waals surface area contributed by atoms with Gasteiger partial charge in [0.2, 0.25) is 11.8 Å². The maximum absolute atomic E-state index is 10.0. The van der Waals surface area contributed by atoms with Gasteiger partial charge in [0.1, 0.15) is 34.7 Å². The van der Waals surface area contributed by atoms with Gasteiger partial charge < -0.3 is 9.47 Å². The number of hydrogen-bond donors (Lipinski definition) is 0. The second kappa shape index (κ2) is 12.9. The maximum atomic E-state index is 10.0. The summed E-state index contributed by atoms with van der Waals surface area (Å²) in [6.45, 7) is 4.40. The smallest absolute Gasteiger partial charge is 0.234 e. The Morgan fingerprint density at radius 1 is 0.521 bits per heavy atom. The molecule has 0 saturated heterocycles. The molecule has 5 heterocycles. The second-order valence-corrected chi connectivity index (χ2v) is 10.6. The Balaban J connectivity index is 1.29. The third-order valence-corrected chi connectivity index (χ3v) is 7.72. The van der Waals surface area contributed by atoms with Crippen molar-refractivity contribution in [3.05, 3.63) is 108 Å². The van der Waals surface area contributed by atoms with Crippen molar-refractivity contribution in [2.75, 3.05) is 13.2 Å². The molecule has 0 aliphatic rings. The molecule has 0 amide bonds. The Morgan fingerprint density at radius 3 is 1.29 bits per heavy atom. The Bertz CT molecular complexity index is 2220. The zero-order chi connectivity index (χ0) is 33.0. The van der Waals surface area contributed by atoms with E-state index in [-0.39, 0.29) is 11.8 Å². The molecule has 10 nitrogen and oxygen atoms in total. The summed E-state index contributed by atoms with van der Waals surface area (Å²) in [5.74, 6) is 0.469. The summed E-state index contributed by atoms with van der Waals surface area (Å²) < 4.78 is 11.5. The highest BCUT2D eigenvalue weighted by Gasteiger charge is 2.21. The third-order valence-electron chi connectivity index (χ3n) is 7.72. The van der Waals surface area contributed by atoms with Crippen LogP contribution in [0.3, 0.4) is 0 Å². The highest BCUT2D eigenvalue weighted by Crippen LogP contribution is 2.37. The fourth-order valence-electron chi connectivity index (χ4n) is 5.62. The summed E-state index contributed by atoms with van der Waals surface area (Å²) >= 11 is 0. The molecule has 0 fully saturated rings. The first-order chi connectivity index (χ1) is 23.6. The minimum absolute atomic E-state index is 0.234. The van der Waals surface area contributed by atoms with Crippen LogP contribution in [0.15, 0.2) is 97.3 Å². The number of rotatable bonds is 8. The number of hydrogen-bond acceptors (Lipinski definition) is 10. The molecule has 2 aromatic carbocycles. The van der Waals surface area contributed by atoms with Crippen LogP contribution in [0.4, 0.5) is 0 Å². The summed E-state index contributed by atoms with van der Waals surface area (Å²) in [7, 11) is 0. The van der Waals surface area contributed by atoms with E-state index in [1.165, 1.54) is 0 Å². The first-order valence-electron chi connectivity index (χ1n) is 15.3. The van der Waals surface area contributed by atoms with Gasteiger partial charge in [0.25, 0.3) is 0 Å². The van der Waals surface area contributed by atoms with E-state index in [1.807, 2.05) is 98.8 Å². The number of ether oxygens (including phenoxy) is 2. The fourth-order valence-corrected chi connectivity index (χ4v) is 5.62. The van der Waals surface area contributed by atoms with E-state index in [4.69, 9.17) is 19.4 Å². The first kappa shape index (κ1) is 29.9. The van der Waals surface area contributed by atoms with Crippen molar-refractivity contribution < 1.29 is 9.47 Å². The lowest BCUT2D eigenvalue weighted by atomic mass is 9.97. The number of aromatic nitrogens is 6. The summed E-state index contributed by atoms with van der Waals surface area (Å²) in [4.78, 5) is 28.2.